The van der Waals surface area contributed by atoms with E-state index >= 15 is 0 Å². The average Bonchev–Trinajstić information content (AvgIpc) is 3.05. The highest BCUT2D eigenvalue weighted by Gasteiger charge is 2.29. The molecule has 0 aromatic carbocycles. The van der Waals surface area contributed by atoms with E-state index in [9.17, 15) is 4.79 Å². The largest absolute Gasteiger partial charge is 0.360 e. The Balaban J connectivity index is 1.94. The zero-order valence-corrected chi connectivity index (χ0v) is 10.7. The van der Waals surface area contributed by atoms with Gasteiger partial charge in [0.05, 0.1) is 0 Å². The molecule has 1 saturated carbocycles. The van der Waals surface area contributed by atoms with Crippen LogP contribution in [0.4, 0.5) is 0 Å². The van der Waals surface area contributed by atoms with Crippen molar-refractivity contribution >= 4 is 5.91 Å². The monoisotopic (exact) mass is 236 g/mol. The summed E-state index contributed by atoms with van der Waals surface area (Å²) >= 11 is 0. The molecule has 0 radical (unpaired) electrons. The molecule has 1 heterocycles. The predicted octanol–water partition coefficient (Wildman–Crippen LogP) is 2.72. The molecule has 1 aromatic heterocycles. The smallest absolute Gasteiger partial charge is 0.273 e. The lowest BCUT2D eigenvalue weighted by atomic mass is 10.0. The Kier molecular flexibility index (Phi) is 3.50. The van der Waals surface area contributed by atoms with Gasteiger partial charge >= 0.3 is 0 Å². The molecule has 0 spiro atoms. The molecule has 2 rings (SSSR count). The van der Waals surface area contributed by atoms with Gasteiger partial charge in [-0.05, 0) is 25.7 Å². The number of nitrogens with zero attached hydrogens (tertiary/aromatic N) is 1. The molecule has 0 aliphatic heterocycles. The number of carbonyl (C=O) groups is 1. The van der Waals surface area contributed by atoms with E-state index in [0.29, 0.717) is 17.5 Å². The van der Waals surface area contributed by atoms with Crippen LogP contribution in [0.3, 0.4) is 0 Å². The highest BCUT2D eigenvalue weighted by molar-refractivity contribution is 5.92. The van der Waals surface area contributed by atoms with E-state index in [-0.39, 0.29) is 11.9 Å². The van der Waals surface area contributed by atoms with Crippen LogP contribution >= 0.6 is 0 Å². The molecule has 0 unspecified atom stereocenters. The summed E-state index contributed by atoms with van der Waals surface area (Å²) in [6.45, 7) is 6.27. The Morgan fingerprint density at radius 3 is 2.88 bits per heavy atom. The van der Waals surface area contributed by atoms with Gasteiger partial charge in [0.15, 0.2) is 5.69 Å². The van der Waals surface area contributed by atoms with Gasteiger partial charge < -0.3 is 9.84 Å². The summed E-state index contributed by atoms with van der Waals surface area (Å²) in [6, 6.07) is 1.93. The molecule has 17 heavy (non-hydrogen) atoms. The normalized spacial score (nSPS) is 18.8. The predicted molar refractivity (Wildman–Crippen MR) is 64.9 cm³/mol. The van der Waals surface area contributed by atoms with Gasteiger partial charge in [-0.25, -0.2) is 0 Å². The third-order valence-electron chi connectivity index (χ3n) is 3.60. The summed E-state index contributed by atoms with van der Waals surface area (Å²) in [4.78, 5) is 11.9. The minimum Gasteiger partial charge on any atom is -0.360 e. The minimum absolute atomic E-state index is 0.131. The van der Waals surface area contributed by atoms with E-state index in [1.54, 1.807) is 6.07 Å². The first-order chi connectivity index (χ1) is 8.11. The van der Waals surface area contributed by atoms with Gasteiger partial charge in [0.2, 0.25) is 0 Å². The zero-order valence-electron chi connectivity index (χ0n) is 10.7. The number of aromatic nitrogens is 1. The lowest BCUT2D eigenvalue weighted by Crippen LogP contribution is -2.37. The van der Waals surface area contributed by atoms with Crippen molar-refractivity contribution in [3.05, 3.63) is 17.5 Å². The van der Waals surface area contributed by atoms with Crippen LogP contribution in [0.25, 0.3) is 0 Å². The second kappa shape index (κ2) is 4.90. The molecule has 1 aliphatic carbocycles. The standard InChI is InChI=1S/C13H20N2O2/c1-4-8(2)9(3)14-13(16)11-7-12(17-15-11)10-5-6-10/h7-10H,4-6H2,1-3H3,(H,14,16)/t8-,9-/m1/s1. The fourth-order valence-electron chi connectivity index (χ4n) is 1.73. The molecule has 1 fully saturated rings. The third-order valence-corrected chi connectivity index (χ3v) is 3.60. The second-order valence-corrected chi connectivity index (χ2v) is 5.04. The van der Waals surface area contributed by atoms with E-state index in [1.807, 2.05) is 6.92 Å². The van der Waals surface area contributed by atoms with E-state index in [1.165, 1.54) is 0 Å². The van der Waals surface area contributed by atoms with Gasteiger partial charge in [-0.1, -0.05) is 25.4 Å². The third kappa shape index (κ3) is 2.87. The molecule has 1 amide bonds. The summed E-state index contributed by atoms with van der Waals surface area (Å²) < 4.78 is 5.17. The maximum absolute atomic E-state index is 11.9. The maximum Gasteiger partial charge on any atom is 0.273 e. The Bertz CT molecular complexity index is 396. The number of hydrogen-bond donors (Lipinski definition) is 1. The van der Waals surface area contributed by atoms with Crippen molar-refractivity contribution < 1.29 is 9.32 Å². The van der Waals surface area contributed by atoms with Crippen molar-refractivity contribution in [2.24, 2.45) is 5.92 Å². The molecular weight excluding hydrogens is 216 g/mol. The van der Waals surface area contributed by atoms with Crippen LogP contribution in [0.1, 0.15) is 62.2 Å². The van der Waals surface area contributed by atoms with E-state index in [0.717, 1.165) is 25.0 Å². The Hall–Kier alpha value is -1.32. The van der Waals surface area contributed by atoms with E-state index in [4.69, 9.17) is 4.52 Å². The molecule has 4 heteroatoms. The number of carbonyl (C=O) groups excluding carboxylic acids is 1. The van der Waals surface area contributed by atoms with Crippen molar-refractivity contribution in [1.29, 1.82) is 0 Å². The van der Waals surface area contributed by atoms with Gasteiger partial charge in [-0.2, -0.15) is 0 Å². The van der Waals surface area contributed by atoms with Crippen molar-refractivity contribution in [2.75, 3.05) is 0 Å². The lowest BCUT2D eigenvalue weighted by Gasteiger charge is -2.18. The summed E-state index contributed by atoms with van der Waals surface area (Å²) in [5.41, 5.74) is 0.405. The lowest BCUT2D eigenvalue weighted by molar-refractivity contribution is 0.0919. The SMILES string of the molecule is CC[C@@H](C)[C@@H](C)NC(=O)c1cc(C2CC2)on1. The number of amides is 1. The van der Waals surface area contributed by atoms with Crippen LogP contribution in [0.2, 0.25) is 0 Å². The highest BCUT2D eigenvalue weighted by Crippen LogP contribution is 2.40. The molecular formula is C13H20N2O2. The van der Waals surface area contributed by atoms with Crippen molar-refractivity contribution in [2.45, 2.75) is 52.0 Å². The first-order valence-electron chi connectivity index (χ1n) is 6.39. The summed E-state index contributed by atoms with van der Waals surface area (Å²) in [7, 11) is 0. The van der Waals surface area contributed by atoms with Gasteiger partial charge in [0, 0.05) is 18.0 Å². The Morgan fingerprint density at radius 2 is 2.29 bits per heavy atom. The van der Waals surface area contributed by atoms with Crippen molar-refractivity contribution in [1.82, 2.24) is 10.5 Å². The van der Waals surface area contributed by atoms with E-state index in [2.05, 4.69) is 24.3 Å². The number of hydrogen-bond acceptors (Lipinski definition) is 3. The van der Waals surface area contributed by atoms with Gasteiger partial charge in [0.25, 0.3) is 5.91 Å². The summed E-state index contributed by atoms with van der Waals surface area (Å²) in [6.07, 6.45) is 3.35. The Morgan fingerprint density at radius 1 is 1.59 bits per heavy atom. The average molecular weight is 236 g/mol. The van der Waals surface area contributed by atoms with Gasteiger partial charge in [0.1, 0.15) is 5.76 Å². The van der Waals surface area contributed by atoms with Crippen LogP contribution in [-0.2, 0) is 0 Å². The Labute approximate surface area is 102 Å². The van der Waals surface area contributed by atoms with Crippen molar-refractivity contribution in [3.8, 4) is 0 Å². The molecule has 4 nitrogen and oxygen atoms in total. The molecule has 2 atom stereocenters. The van der Waals surface area contributed by atoms with Crippen LogP contribution < -0.4 is 5.32 Å². The molecule has 0 bridgehead atoms. The molecule has 94 valence electrons. The minimum atomic E-state index is -0.131. The van der Waals surface area contributed by atoms with Crippen molar-refractivity contribution in [3.63, 3.8) is 0 Å². The topological polar surface area (TPSA) is 55.1 Å². The van der Waals surface area contributed by atoms with E-state index < -0.39 is 0 Å². The highest BCUT2D eigenvalue weighted by atomic mass is 16.5. The maximum atomic E-state index is 11.9. The second-order valence-electron chi connectivity index (χ2n) is 5.04. The molecule has 0 saturated heterocycles. The fourth-order valence-corrected chi connectivity index (χ4v) is 1.73. The van der Waals surface area contributed by atoms with Gasteiger partial charge in [-0.3, -0.25) is 4.79 Å². The zero-order chi connectivity index (χ0) is 12.4. The first-order valence-corrected chi connectivity index (χ1v) is 6.39. The molecule has 1 aromatic rings. The molecule has 1 N–H and O–H groups in total. The number of rotatable bonds is 5. The molecule has 1 aliphatic rings. The summed E-state index contributed by atoms with van der Waals surface area (Å²) in [5.74, 6) is 1.68. The number of nitrogens with one attached hydrogen (secondary N) is 1. The van der Waals surface area contributed by atoms with Crippen LogP contribution in [0, 0.1) is 5.92 Å². The first kappa shape index (κ1) is 12.1. The fraction of sp³-hybridized carbons (Fsp3) is 0.692. The van der Waals surface area contributed by atoms with Crippen LogP contribution in [-0.4, -0.2) is 17.1 Å². The van der Waals surface area contributed by atoms with Crippen LogP contribution in [0.5, 0.6) is 0 Å². The van der Waals surface area contributed by atoms with Gasteiger partial charge in [-0.15, -0.1) is 0 Å². The summed E-state index contributed by atoms with van der Waals surface area (Å²) in [5, 5.41) is 6.79. The van der Waals surface area contributed by atoms with Crippen LogP contribution in [0.15, 0.2) is 10.6 Å². The quantitative estimate of drug-likeness (QED) is 0.855.